The maximum Gasteiger partial charge on any atom is 0.190 e. The molecule has 4 heterocycles. The lowest BCUT2D eigenvalue weighted by atomic mass is 10.2. The molecule has 0 aliphatic carbocycles. The number of benzene rings is 3. The minimum atomic E-state index is -3.00. The zero-order valence-electron chi connectivity index (χ0n) is 16.6. The second kappa shape index (κ2) is 7.11. The van der Waals surface area contributed by atoms with Crippen LogP contribution in [-0.2, 0) is 4.57 Å². The van der Waals surface area contributed by atoms with Gasteiger partial charge in [0, 0.05) is 45.6 Å². The Balaban J connectivity index is 1.55. The quantitative estimate of drug-likeness (QED) is 0.223. The molecular formula is C26H15OPS4. The van der Waals surface area contributed by atoms with E-state index in [1.807, 2.05) is 30.3 Å². The highest BCUT2D eigenvalue weighted by Crippen LogP contribution is 2.49. The van der Waals surface area contributed by atoms with E-state index in [4.69, 9.17) is 0 Å². The molecule has 0 atom stereocenters. The van der Waals surface area contributed by atoms with Crippen molar-refractivity contribution in [3.05, 3.63) is 89.6 Å². The fourth-order valence-corrected chi connectivity index (χ4v) is 12.6. The average molecular weight is 503 g/mol. The van der Waals surface area contributed by atoms with E-state index >= 15 is 4.57 Å². The topological polar surface area (TPSA) is 17.1 Å². The number of rotatable bonds is 3. The first-order valence-electron chi connectivity index (χ1n) is 10.2. The molecule has 7 aromatic rings. The number of thiophene rings is 4. The summed E-state index contributed by atoms with van der Waals surface area (Å²) >= 11 is 6.87. The predicted molar refractivity (Wildman–Crippen MR) is 147 cm³/mol. The van der Waals surface area contributed by atoms with Gasteiger partial charge < -0.3 is 4.57 Å². The second-order valence-corrected chi connectivity index (χ2v) is 15.1. The molecule has 0 saturated carbocycles. The molecule has 0 aliphatic heterocycles. The molecule has 32 heavy (non-hydrogen) atoms. The van der Waals surface area contributed by atoms with Crippen LogP contribution < -0.4 is 14.5 Å². The Kier molecular flexibility index (Phi) is 4.27. The van der Waals surface area contributed by atoms with Gasteiger partial charge in [0.25, 0.3) is 0 Å². The number of hydrogen-bond acceptors (Lipinski definition) is 5. The van der Waals surface area contributed by atoms with Gasteiger partial charge in [0.15, 0.2) is 7.14 Å². The summed E-state index contributed by atoms with van der Waals surface area (Å²) in [5.74, 6) is 0. The second-order valence-electron chi connectivity index (χ2n) is 7.73. The zero-order chi connectivity index (χ0) is 21.3. The van der Waals surface area contributed by atoms with Crippen LogP contribution in [0.1, 0.15) is 0 Å². The van der Waals surface area contributed by atoms with Crippen LogP contribution in [0.2, 0.25) is 0 Å². The number of hydrogen-bond donors (Lipinski definition) is 0. The van der Waals surface area contributed by atoms with Gasteiger partial charge in [-0.2, -0.15) is 0 Å². The van der Waals surface area contributed by atoms with E-state index in [9.17, 15) is 0 Å². The van der Waals surface area contributed by atoms with Gasteiger partial charge >= 0.3 is 0 Å². The standard InChI is InChI=1S/C26H15OPS4/c27-28(16-4-2-1-3-5-16,25-14-19-17-10-12-29-21(17)6-8-23(19)31-25)26-15-20-18-11-13-30-22(18)7-9-24(20)32-26/h1-15H. The maximum absolute atomic E-state index is 15.1. The van der Waals surface area contributed by atoms with Crippen LogP contribution in [0.3, 0.4) is 0 Å². The van der Waals surface area contributed by atoms with Gasteiger partial charge in [-0.1, -0.05) is 30.3 Å². The molecule has 154 valence electrons. The van der Waals surface area contributed by atoms with Crippen LogP contribution in [0.4, 0.5) is 0 Å². The van der Waals surface area contributed by atoms with Crippen molar-refractivity contribution in [1.29, 1.82) is 0 Å². The third-order valence-corrected chi connectivity index (χ3v) is 14.2. The first kappa shape index (κ1) is 19.2. The molecule has 0 amide bonds. The summed E-state index contributed by atoms with van der Waals surface area (Å²) in [4.78, 5) is 0. The van der Waals surface area contributed by atoms with Crippen molar-refractivity contribution in [2.75, 3.05) is 0 Å². The molecule has 0 fully saturated rings. The van der Waals surface area contributed by atoms with Crippen molar-refractivity contribution < 1.29 is 4.57 Å². The van der Waals surface area contributed by atoms with Gasteiger partial charge in [0.1, 0.15) is 0 Å². The summed E-state index contributed by atoms with van der Waals surface area (Å²) in [6, 6.07) is 27.5. The largest absolute Gasteiger partial charge is 0.307 e. The Labute approximate surface area is 200 Å². The molecular weight excluding hydrogens is 488 g/mol. The Hall–Kier alpha value is -2.27. The van der Waals surface area contributed by atoms with Crippen molar-refractivity contribution in [3.8, 4) is 0 Å². The summed E-state index contributed by atoms with van der Waals surface area (Å²) in [5.41, 5.74) is 0. The van der Waals surface area contributed by atoms with Gasteiger partial charge in [-0.25, -0.2) is 0 Å². The molecule has 3 aromatic carbocycles. The number of fused-ring (bicyclic) bond motifs is 6. The van der Waals surface area contributed by atoms with Crippen LogP contribution in [-0.4, -0.2) is 0 Å². The van der Waals surface area contributed by atoms with E-state index in [1.54, 1.807) is 45.3 Å². The highest BCUT2D eigenvalue weighted by Gasteiger charge is 2.34. The van der Waals surface area contributed by atoms with Gasteiger partial charge in [0.05, 0.1) is 9.24 Å². The molecule has 0 unspecified atom stereocenters. The molecule has 4 aromatic heterocycles. The summed E-state index contributed by atoms with van der Waals surface area (Å²) < 4.78 is 22.0. The van der Waals surface area contributed by atoms with Crippen molar-refractivity contribution in [2.24, 2.45) is 0 Å². The van der Waals surface area contributed by atoms with Crippen molar-refractivity contribution in [1.82, 2.24) is 0 Å². The van der Waals surface area contributed by atoms with Crippen LogP contribution in [0.15, 0.2) is 89.6 Å². The minimum Gasteiger partial charge on any atom is -0.307 e. The minimum absolute atomic E-state index is 0.904. The molecule has 6 heteroatoms. The van der Waals surface area contributed by atoms with E-state index in [-0.39, 0.29) is 0 Å². The summed E-state index contributed by atoms with van der Waals surface area (Å²) in [6.07, 6.45) is 0. The smallest absolute Gasteiger partial charge is 0.190 e. The first-order chi connectivity index (χ1) is 15.7. The highest BCUT2D eigenvalue weighted by molar-refractivity contribution is 7.93. The summed E-state index contributed by atoms with van der Waals surface area (Å²) in [7, 11) is -3.00. The third kappa shape index (κ3) is 2.70. The lowest BCUT2D eigenvalue weighted by Gasteiger charge is -2.15. The Morgan fingerprint density at radius 3 is 1.56 bits per heavy atom. The molecule has 7 rings (SSSR count). The van der Waals surface area contributed by atoms with E-state index in [2.05, 4.69) is 59.3 Å². The van der Waals surface area contributed by atoms with Crippen LogP contribution >= 0.6 is 52.5 Å². The van der Waals surface area contributed by atoms with Gasteiger partial charge in [-0.3, -0.25) is 0 Å². The van der Waals surface area contributed by atoms with Crippen LogP contribution in [0, 0.1) is 0 Å². The molecule has 0 radical (unpaired) electrons. The molecule has 0 bridgehead atoms. The van der Waals surface area contributed by atoms with Gasteiger partial charge in [0.2, 0.25) is 0 Å². The normalized spacial score (nSPS) is 12.5. The van der Waals surface area contributed by atoms with E-state index in [0.29, 0.717) is 0 Å². The van der Waals surface area contributed by atoms with E-state index < -0.39 is 7.14 Å². The van der Waals surface area contributed by atoms with Crippen molar-refractivity contribution in [3.63, 3.8) is 0 Å². The molecule has 0 spiro atoms. The lowest BCUT2D eigenvalue weighted by Crippen LogP contribution is -2.21. The van der Waals surface area contributed by atoms with E-state index in [1.165, 1.54) is 40.3 Å². The monoisotopic (exact) mass is 502 g/mol. The Bertz CT molecular complexity index is 1700. The Morgan fingerprint density at radius 1 is 0.531 bits per heavy atom. The molecule has 0 saturated heterocycles. The zero-order valence-corrected chi connectivity index (χ0v) is 20.8. The molecule has 1 nitrogen and oxygen atoms in total. The predicted octanol–water partition coefficient (Wildman–Crippen LogP) is 8.18. The average Bonchev–Trinajstić information content (AvgIpc) is 3.61. The first-order valence-corrected chi connectivity index (χ1v) is 15.3. The lowest BCUT2D eigenvalue weighted by molar-refractivity contribution is 0.593. The van der Waals surface area contributed by atoms with E-state index in [0.717, 1.165) is 14.5 Å². The van der Waals surface area contributed by atoms with Crippen LogP contribution in [0.25, 0.3) is 40.3 Å². The molecule has 0 aliphatic rings. The highest BCUT2D eigenvalue weighted by atomic mass is 32.1. The summed E-state index contributed by atoms with van der Waals surface area (Å²) in [5, 5.41) is 10.1. The fourth-order valence-electron chi connectivity index (χ4n) is 4.41. The van der Waals surface area contributed by atoms with Gasteiger partial charge in [-0.15, -0.1) is 45.3 Å². The Morgan fingerprint density at radius 2 is 1.03 bits per heavy atom. The van der Waals surface area contributed by atoms with Crippen LogP contribution in [0.5, 0.6) is 0 Å². The van der Waals surface area contributed by atoms with Crippen molar-refractivity contribution in [2.45, 2.75) is 0 Å². The maximum atomic E-state index is 15.1. The SMILES string of the molecule is O=P(c1ccccc1)(c1cc2c(ccc3sccc32)s1)c1cc2c(ccc3sccc32)s1. The third-order valence-electron chi connectivity index (χ3n) is 5.98. The summed E-state index contributed by atoms with van der Waals surface area (Å²) in [6.45, 7) is 0. The van der Waals surface area contributed by atoms with Gasteiger partial charge in [-0.05, 0) is 59.3 Å². The fraction of sp³-hybridized carbons (Fsp3) is 0. The van der Waals surface area contributed by atoms with Crippen molar-refractivity contribution >= 4 is 107 Å². The molecule has 0 N–H and O–H groups in total.